The Hall–Kier alpha value is -1.03. The molecule has 4 heteroatoms. The molecule has 1 saturated carbocycles. The molecule has 98 valence electrons. The Balaban J connectivity index is 2.09. The second-order valence-corrected chi connectivity index (χ2v) is 5.85. The average molecular weight is 312 g/mol. The number of phenolic OH excluding ortho intramolecular Hbond substituents is 1. The van der Waals surface area contributed by atoms with E-state index in [2.05, 4.69) is 15.9 Å². The molecule has 18 heavy (non-hydrogen) atoms. The highest BCUT2D eigenvalue weighted by atomic mass is 79.9. The fourth-order valence-electron chi connectivity index (χ4n) is 1.98. The highest BCUT2D eigenvalue weighted by molar-refractivity contribution is 9.10. The average Bonchev–Trinajstić information content (AvgIpc) is 3.18. The first-order chi connectivity index (χ1) is 8.61. The summed E-state index contributed by atoms with van der Waals surface area (Å²) >= 11 is 3.43. The van der Waals surface area contributed by atoms with Crippen LogP contribution in [0.25, 0.3) is 0 Å². The number of carbonyl (C=O) groups is 1. The summed E-state index contributed by atoms with van der Waals surface area (Å²) in [7, 11) is 0. The monoisotopic (exact) mass is 311 g/mol. The van der Waals surface area contributed by atoms with Crippen LogP contribution in [0.2, 0.25) is 0 Å². The van der Waals surface area contributed by atoms with E-state index in [1.807, 2.05) is 24.0 Å². The van der Waals surface area contributed by atoms with Crippen LogP contribution < -0.4 is 0 Å². The van der Waals surface area contributed by atoms with E-state index in [1.165, 1.54) is 0 Å². The van der Waals surface area contributed by atoms with Gasteiger partial charge >= 0.3 is 0 Å². The molecule has 2 rings (SSSR count). The molecule has 1 atom stereocenters. The molecule has 0 saturated heterocycles. The summed E-state index contributed by atoms with van der Waals surface area (Å²) in [5, 5.41) is 9.46. The number of nitrogens with zero attached hydrogens (tertiary/aromatic N) is 1. The van der Waals surface area contributed by atoms with Crippen molar-refractivity contribution in [2.24, 2.45) is 0 Å². The van der Waals surface area contributed by atoms with E-state index < -0.39 is 0 Å². The molecule has 1 aromatic carbocycles. The highest BCUT2D eigenvalue weighted by Crippen LogP contribution is 2.30. The van der Waals surface area contributed by atoms with Crippen LogP contribution in [0.1, 0.15) is 31.7 Å². The standard InChI is InChI=1S/C14H18BrNO2/c1-2-13(15)14(18)16(11-6-7-11)9-10-4-3-5-12(17)8-10/h3-5,8,11,13,17H,2,6-7,9H2,1H3. The largest absolute Gasteiger partial charge is 0.508 e. The van der Waals surface area contributed by atoms with Crippen LogP contribution in [-0.2, 0) is 11.3 Å². The molecule has 1 aromatic rings. The number of hydrogen-bond acceptors (Lipinski definition) is 2. The predicted molar refractivity (Wildman–Crippen MR) is 74.7 cm³/mol. The Kier molecular flexibility index (Phi) is 4.27. The van der Waals surface area contributed by atoms with Crippen molar-refractivity contribution in [3.05, 3.63) is 29.8 Å². The fraction of sp³-hybridized carbons (Fsp3) is 0.500. The van der Waals surface area contributed by atoms with E-state index in [4.69, 9.17) is 0 Å². The first-order valence-electron chi connectivity index (χ1n) is 6.34. The number of benzene rings is 1. The smallest absolute Gasteiger partial charge is 0.236 e. The third-order valence-electron chi connectivity index (χ3n) is 3.16. The van der Waals surface area contributed by atoms with Gasteiger partial charge in [-0.05, 0) is 37.0 Å². The lowest BCUT2D eigenvalue weighted by Gasteiger charge is -2.24. The van der Waals surface area contributed by atoms with E-state index >= 15 is 0 Å². The molecule has 1 amide bonds. The van der Waals surface area contributed by atoms with Gasteiger partial charge in [-0.2, -0.15) is 0 Å². The molecule has 1 fully saturated rings. The maximum Gasteiger partial charge on any atom is 0.236 e. The topological polar surface area (TPSA) is 40.5 Å². The number of halogens is 1. The van der Waals surface area contributed by atoms with Crippen molar-refractivity contribution in [3.8, 4) is 5.75 Å². The van der Waals surface area contributed by atoms with E-state index in [-0.39, 0.29) is 16.5 Å². The van der Waals surface area contributed by atoms with Gasteiger partial charge in [0, 0.05) is 12.6 Å². The zero-order chi connectivity index (χ0) is 13.1. The third kappa shape index (κ3) is 3.25. The first kappa shape index (κ1) is 13.4. The Morgan fingerprint density at radius 3 is 2.83 bits per heavy atom. The Morgan fingerprint density at radius 2 is 2.28 bits per heavy atom. The van der Waals surface area contributed by atoms with Crippen molar-refractivity contribution in [1.29, 1.82) is 0 Å². The second kappa shape index (κ2) is 5.74. The lowest BCUT2D eigenvalue weighted by molar-refractivity contribution is -0.131. The molecule has 0 heterocycles. The van der Waals surface area contributed by atoms with Crippen LogP contribution in [0.4, 0.5) is 0 Å². The van der Waals surface area contributed by atoms with Gasteiger partial charge < -0.3 is 10.0 Å². The minimum absolute atomic E-state index is 0.101. The van der Waals surface area contributed by atoms with Crippen molar-refractivity contribution in [2.75, 3.05) is 0 Å². The maximum atomic E-state index is 12.3. The molecule has 1 N–H and O–H groups in total. The molecular weight excluding hydrogens is 294 g/mol. The van der Waals surface area contributed by atoms with Gasteiger partial charge in [0.05, 0.1) is 4.83 Å². The lowest BCUT2D eigenvalue weighted by Crippen LogP contribution is -2.37. The molecule has 0 aliphatic heterocycles. The van der Waals surface area contributed by atoms with Crippen molar-refractivity contribution < 1.29 is 9.90 Å². The Morgan fingerprint density at radius 1 is 1.56 bits per heavy atom. The third-order valence-corrected chi connectivity index (χ3v) is 4.20. The predicted octanol–water partition coefficient (Wildman–Crippen LogP) is 3.06. The van der Waals surface area contributed by atoms with Crippen LogP contribution >= 0.6 is 15.9 Å². The van der Waals surface area contributed by atoms with Gasteiger partial charge in [-0.3, -0.25) is 4.79 Å². The summed E-state index contributed by atoms with van der Waals surface area (Å²) in [6.45, 7) is 2.58. The van der Waals surface area contributed by atoms with Crippen LogP contribution in [-0.4, -0.2) is 26.8 Å². The molecule has 0 bridgehead atoms. The number of alkyl halides is 1. The molecule has 0 radical (unpaired) electrons. The summed E-state index contributed by atoms with van der Waals surface area (Å²) in [5.74, 6) is 0.407. The molecule has 1 unspecified atom stereocenters. The molecule has 0 spiro atoms. The molecule has 0 aromatic heterocycles. The number of phenols is 1. The van der Waals surface area contributed by atoms with Gasteiger partial charge in [0.15, 0.2) is 0 Å². The van der Waals surface area contributed by atoms with Crippen LogP contribution in [0.15, 0.2) is 24.3 Å². The van der Waals surface area contributed by atoms with E-state index in [0.717, 1.165) is 24.8 Å². The van der Waals surface area contributed by atoms with Crippen molar-refractivity contribution in [3.63, 3.8) is 0 Å². The van der Waals surface area contributed by atoms with E-state index in [1.54, 1.807) is 12.1 Å². The molecule has 3 nitrogen and oxygen atoms in total. The van der Waals surface area contributed by atoms with Gasteiger partial charge in [-0.15, -0.1) is 0 Å². The lowest BCUT2D eigenvalue weighted by atomic mass is 10.2. The van der Waals surface area contributed by atoms with Crippen LogP contribution in [0, 0.1) is 0 Å². The minimum Gasteiger partial charge on any atom is -0.508 e. The summed E-state index contributed by atoms with van der Waals surface area (Å²) in [6.07, 6.45) is 2.98. The molecular formula is C14H18BrNO2. The summed E-state index contributed by atoms with van der Waals surface area (Å²) in [4.78, 5) is 14.1. The SMILES string of the molecule is CCC(Br)C(=O)N(Cc1cccc(O)c1)C1CC1. The molecule has 1 aliphatic rings. The van der Waals surface area contributed by atoms with Crippen molar-refractivity contribution in [1.82, 2.24) is 4.90 Å². The van der Waals surface area contributed by atoms with Gasteiger partial charge in [0.1, 0.15) is 5.75 Å². The number of rotatable bonds is 5. The van der Waals surface area contributed by atoms with E-state index in [9.17, 15) is 9.90 Å². The Labute approximate surface area is 116 Å². The van der Waals surface area contributed by atoms with E-state index in [0.29, 0.717) is 12.6 Å². The Bertz CT molecular complexity index is 432. The second-order valence-electron chi connectivity index (χ2n) is 4.74. The van der Waals surface area contributed by atoms with Crippen LogP contribution in [0.3, 0.4) is 0 Å². The quantitative estimate of drug-likeness (QED) is 0.849. The number of hydrogen-bond donors (Lipinski definition) is 1. The number of carbonyl (C=O) groups excluding carboxylic acids is 1. The van der Waals surface area contributed by atoms with Gasteiger partial charge in [0.25, 0.3) is 0 Å². The minimum atomic E-state index is -0.101. The van der Waals surface area contributed by atoms with Gasteiger partial charge in [0.2, 0.25) is 5.91 Å². The van der Waals surface area contributed by atoms with Crippen LogP contribution in [0.5, 0.6) is 5.75 Å². The number of amides is 1. The normalized spacial score (nSPS) is 16.3. The zero-order valence-electron chi connectivity index (χ0n) is 10.5. The van der Waals surface area contributed by atoms with Gasteiger partial charge in [-0.1, -0.05) is 35.0 Å². The summed E-state index contributed by atoms with van der Waals surface area (Å²) < 4.78 is 0. The van der Waals surface area contributed by atoms with Crippen molar-refractivity contribution in [2.45, 2.75) is 43.6 Å². The number of aromatic hydroxyl groups is 1. The zero-order valence-corrected chi connectivity index (χ0v) is 12.1. The van der Waals surface area contributed by atoms with Crippen molar-refractivity contribution >= 4 is 21.8 Å². The maximum absolute atomic E-state index is 12.3. The molecule has 1 aliphatic carbocycles. The highest BCUT2D eigenvalue weighted by Gasteiger charge is 2.34. The summed E-state index contributed by atoms with van der Waals surface area (Å²) in [5.41, 5.74) is 0.978. The fourth-order valence-corrected chi connectivity index (χ4v) is 2.24. The summed E-state index contributed by atoms with van der Waals surface area (Å²) in [6, 6.07) is 7.50. The first-order valence-corrected chi connectivity index (χ1v) is 7.26. The van der Waals surface area contributed by atoms with Gasteiger partial charge in [-0.25, -0.2) is 0 Å².